The third-order valence-corrected chi connectivity index (χ3v) is 4.34. The number of methoxy groups -OCH3 is 1. The standard InChI is InChI=1S/C18H30N2O/c1-3-4-11-20-12-9-18(10-13-20)19-14-16-5-7-17(8-6-16)15-21-2/h5-8,18-19H,3-4,9-15H2,1-2H3. The van der Waals surface area contributed by atoms with Crippen molar-refractivity contribution < 1.29 is 4.74 Å². The van der Waals surface area contributed by atoms with Gasteiger partial charge in [0.15, 0.2) is 0 Å². The molecule has 0 amide bonds. The minimum Gasteiger partial charge on any atom is -0.380 e. The second-order valence-electron chi connectivity index (χ2n) is 6.10. The molecule has 1 aliphatic heterocycles. The highest BCUT2D eigenvalue weighted by molar-refractivity contribution is 5.22. The normalized spacial score (nSPS) is 17.2. The lowest BCUT2D eigenvalue weighted by molar-refractivity contribution is 0.185. The number of nitrogens with one attached hydrogen (secondary N) is 1. The van der Waals surface area contributed by atoms with Crippen molar-refractivity contribution in [2.24, 2.45) is 0 Å². The monoisotopic (exact) mass is 290 g/mol. The zero-order chi connectivity index (χ0) is 14.9. The molecular weight excluding hydrogens is 260 g/mol. The van der Waals surface area contributed by atoms with Gasteiger partial charge in [-0.25, -0.2) is 0 Å². The predicted molar refractivity (Wildman–Crippen MR) is 88.4 cm³/mol. The highest BCUT2D eigenvalue weighted by atomic mass is 16.5. The second kappa shape index (κ2) is 9.19. The van der Waals surface area contributed by atoms with E-state index in [1.54, 1.807) is 7.11 Å². The van der Waals surface area contributed by atoms with Gasteiger partial charge in [0.1, 0.15) is 0 Å². The molecule has 1 N–H and O–H groups in total. The smallest absolute Gasteiger partial charge is 0.0713 e. The fourth-order valence-corrected chi connectivity index (χ4v) is 2.92. The Labute approximate surface area is 129 Å². The van der Waals surface area contributed by atoms with Crippen molar-refractivity contribution in [3.8, 4) is 0 Å². The van der Waals surface area contributed by atoms with E-state index in [0.29, 0.717) is 12.6 Å². The molecule has 0 aliphatic carbocycles. The number of benzene rings is 1. The van der Waals surface area contributed by atoms with Crippen LogP contribution < -0.4 is 5.32 Å². The molecule has 1 aromatic rings. The summed E-state index contributed by atoms with van der Waals surface area (Å²) in [6.45, 7) is 7.74. The number of nitrogens with zero attached hydrogens (tertiary/aromatic N) is 1. The van der Waals surface area contributed by atoms with E-state index in [9.17, 15) is 0 Å². The summed E-state index contributed by atoms with van der Waals surface area (Å²) in [5.41, 5.74) is 2.61. The van der Waals surface area contributed by atoms with E-state index in [1.165, 1.54) is 56.4 Å². The molecule has 1 aromatic carbocycles. The van der Waals surface area contributed by atoms with Crippen LogP contribution in [-0.4, -0.2) is 37.7 Å². The molecule has 1 saturated heterocycles. The molecule has 0 aromatic heterocycles. The molecule has 1 heterocycles. The fraction of sp³-hybridized carbons (Fsp3) is 0.667. The Morgan fingerprint density at radius 1 is 1.14 bits per heavy atom. The number of hydrogen-bond donors (Lipinski definition) is 1. The third-order valence-electron chi connectivity index (χ3n) is 4.34. The summed E-state index contributed by atoms with van der Waals surface area (Å²) >= 11 is 0. The summed E-state index contributed by atoms with van der Waals surface area (Å²) in [5.74, 6) is 0. The topological polar surface area (TPSA) is 24.5 Å². The van der Waals surface area contributed by atoms with Crippen molar-refractivity contribution in [3.63, 3.8) is 0 Å². The Balaban J connectivity index is 1.67. The van der Waals surface area contributed by atoms with Crippen molar-refractivity contribution >= 4 is 0 Å². The first-order chi connectivity index (χ1) is 10.3. The van der Waals surface area contributed by atoms with E-state index in [2.05, 4.69) is 41.4 Å². The van der Waals surface area contributed by atoms with E-state index >= 15 is 0 Å². The van der Waals surface area contributed by atoms with E-state index in [-0.39, 0.29) is 0 Å². The number of rotatable bonds is 8. The van der Waals surface area contributed by atoms with Gasteiger partial charge in [0.25, 0.3) is 0 Å². The van der Waals surface area contributed by atoms with Crippen LogP contribution >= 0.6 is 0 Å². The van der Waals surface area contributed by atoms with Gasteiger partial charge in [-0.3, -0.25) is 0 Å². The van der Waals surface area contributed by atoms with Crippen molar-refractivity contribution in [1.29, 1.82) is 0 Å². The number of ether oxygens (including phenoxy) is 1. The van der Waals surface area contributed by atoms with Crippen molar-refractivity contribution in [3.05, 3.63) is 35.4 Å². The van der Waals surface area contributed by atoms with Gasteiger partial charge in [-0.1, -0.05) is 37.6 Å². The van der Waals surface area contributed by atoms with Gasteiger partial charge in [0.05, 0.1) is 6.61 Å². The summed E-state index contributed by atoms with van der Waals surface area (Å²) in [7, 11) is 1.74. The molecule has 0 radical (unpaired) electrons. The Bertz CT molecular complexity index is 383. The lowest BCUT2D eigenvalue weighted by atomic mass is 10.0. The summed E-state index contributed by atoms with van der Waals surface area (Å²) in [6, 6.07) is 9.42. The predicted octanol–water partition coefficient (Wildman–Crippen LogP) is 3.19. The van der Waals surface area contributed by atoms with Crippen molar-refractivity contribution in [2.75, 3.05) is 26.7 Å². The highest BCUT2D eigenvalue weighted by Gasteiger charge is 2.17. The van der Waals surface area contributed by atoms with E-state index in [4.69, 9.17) is 4.74 Å². The quantitative estimate of drug-likeness (QED) is 0.796. The van der Waals surface area contributed by atoms with Gasteiger partial charge < -0.3 is 15.0 Å². The Morgan fingerprint density at radius 2 is 1.81 bits per heavy atom. The average Bonchev–Trinajstić information content (AvgIpc) is 2.53. The maximum atomic E-state index is 5.14. The van der Waals surface area contributed by atoms with Gasteiger partial charge in [-0.15, -0.1) is 0 Å². The maximum Gasteiger partial charge on any atom is 0.0713 e. The molecule has 0 bridgehead atoms. The number of hydrogen-bond acceptors (Lipinski definition) is 3. The van der Waals surface area contributed by atoms with Gasteiger partial charge in [-0.05, 0) is 50.0 Å². The first-order valence-corrected chi connectivity index (χ1v) is 8.34. The first kappa shape index (κ1) is 16.5. The zero-order valence-corrected chi connectivity index (χ0v) is 13.6. The van der Waals surface area contributed by atoms with Crippen molar-refractivity contribution in [2.45, 2.75) is 51.8 Å². The molecule has 2 rings (SSSR count). The summed E-state index contributed by atoms with van der Waals surface area (Å²) in [6.07, 6.45) is 5.21. The fourth-order valence-electron chi connectivity index (χ4n) is 2.92. The largest absolute Gasteiger partial charge is 0.380 e. The molecule has 21 heavy (non-hydrogen) atoms. The van der Waals surface area contributed by atoms with Crippen LogP contribution in [0.2, 0.25) is 0 Å². The SMILES string of the molecule is CCCCN1CCC(NCc2ccc(COC)cc2)CC1. The molecule has 3 heteroatoms. The number of likely N-dealkylation sites (tertiary alicyclic amines) is 1. The Morgan fingerprint density at radius 3 is 2.43 bits per heavy atom. The maximum absolute atomic E-state index is 5.14. The van der Waals surface area contributed by atoms with Crippen molar-refractivity contribution in [1.82, 2.24) is 10.2 Å². The zero-order valence-electron chi connectivity index (χ0n) is 13.6. The first-order valence-electron chi connectivity index (χ1n) is 8.34. The van der Waals surface area contributed by atoms with Crippen LogP contribution in [0.3, 0.4) is 0 Å². The Kier molecular flexibility index (Phi) is 7.20. The summed E-state index contributed by atoms with van der Waals surface area (Å²) in [5, 5.41) is 3.71. The van der Waals surface area contributed by atoms with Crippen LogP contribution in [0.4, 0.5) is 0 Å². The molecule has 0 spiro atoms. The van der Waals surface area contributed by atoms with Crippen LogP contribution in [-0.2, 0) is 17.9 Å². The molecular formula is C18H30N2O. The molecule has 1 aliphatic rings. The lowest BCUT2D eigenvalue weighted by Gasteiger charge is -2.32. The number of unbranched alkanes of at least 4 members (excludes halogenated alkanes) is 1. The molecule has 1 fully saturated rings. The third kappa shape index (κ3) is 5.77. The molecule has 0 unspecified atom stereocenters. The molecule has 118 valence electrons. The van der Waals surface area contributed by atoms with E-state index < -0.39 is 0 Å². The minimum absolute atomic E-state index is 0.682. The average molecular weight is 290 g/mol. The van der Waals surface area contributed by atoms with Gasteiger partial charge in [-0.2, -0.15) is 0 Å². The number of piperidine rings is 1. The summed E-state index contributed by atoms with van der Waals surface area (Å²) < 4.78 is 5.14. The minimum atomic E-state index is 0.682. The van der Waals surface area contributed by atoms with Crippen LogP contribution in [0.15, 0.2) is 24.3 Å². The van der Waals surface area contributed by atoms with Crippen LogP contribution in [0.5, 0.6) is 0 Å². The van der Waals surface area contributed by atoms with Gasteiger partial charge in [0, 0.05) is 19.7 Å². The molecule has 3 nitrogen and oxygen atoms in total. The van der Waals surface area contributed by atoms with E-state index in [0.717, 1.165) is 6.54 Å². The van der Waals surface area contributed by atoms with Crippen LogP contribution in [0.1, 0.15) is 43.7 Å². The van der Waals surface area contributed by atoms with Gasteiger partial charge in [0.2, 0.25) is 0 Å². The van der Waals surface area contributed by atoms with Gasteiger partial charge >= 0.3 is 0 Å². The highest BCUT2D eigenvalue weighted by Crippen LogP contribution is 2.12. The second-order valence-corrected chi connectivity index (χ2v) is 6.10. The summed E-state index contributed by atoms with van der Waals surface area (Å²) in [4.78, 5) is 2.61. The lowest BCUT2D eigenvalue weighted by Crippen LogP contribution is -2.42. The van der Waals surface area contributed by atoms with E-state index in [1.807, 2.05) is 0 Å². The molecule has 0 saturated carbocycles. The van der Waals surface area contributed by atoms with Crippen LogP contribution in [0.25, 0.3) is 0 Å². The van der Waals surface area contributed by atoms with Crippen LogP contribution in [0, 0.1) is 0 Å². The Hall–Kier alpha value is -0.900. The molecule has 0 atom stereocenters.